The number of aromatic nitrogens is 2. The van der Waals surface area contributed by atoms with Crippen molar-refractivity contribution in [3.63, 3.8) is 0 Å². The summed E-state index contributed by atoms with van der Waals surface area (Å²) in [6, 6.07) is 0.279. The van der Waals surface area contributed by atoms with E-state index in [9.17, 15) is 0 Å². The highest BCUT2D eigenvalue weighted by atomic mass is 32.2. The molecule has 2 heterocycles. The zero-order chi connectivity index (χ0) is 11.6. The van der Waals surface area contributed by atoms with E-state index >= 15 is 0 Å². The molecule has 1 N–H and O–H groups in total. The second kappa shape index (κ2) is 4.75. The van der Waals surface area contributed by atoms with E-state index in [0.717, 1.165) is 30.4 Å². The molecule has 0 aliphatic carbocycles. The molecular formula is C11H19N3OS. The van der Waals surface area contributed by atoms with Gasteiger partial charge in [-0.05, 0) is 19.4 Å². The largest absolute Gasteiger partial charge is 0.338 e. The van der Waals surface area contributed by atoms with Crippen molar-refractivity contribution in [1.82, 2.24) is 15.5 Å². The maximum Gasteiger partial charge on any atom is 0.243 e. The first-order valence-electron chi connectivity index (χ1n) is 5.74. The molecule has 0 unspecified atom stereocenters. The Balaban J connectivity index is 1.91. The van der Waals surface area contributed by atoms with Crippen LogP contribution in [0.3, 0.4) is 0 Å². The number of hydrogen-bond donors (Lipinski definition) is 1. The molecule has 0 spiro atoms. The molecule has 1 fully saturated rings. The van der Waals surface area contributed by atoms with Crippen LogP contribution in [0.1, 0.15) is 51.4 Å². The predicted octanol–water partition coefficient (Wildman–Crippen LogP) is 2.53. The van der Waals surface area contributed by atoms with E-state index in [1.54, 1.807) is 0 Å². The summed E-state index contributed by atoms with van der Waals surface area (Å²) in [7, 11) is 0. The van der Waals surface area contributed by atoms with Crippen LogP contribution in [0.15, 0.2) is 4.52 Å². The molecule has 4 nitrogen and oxygen atoms in total. The van der Waals surface area contributed by atoms with Gasteiger partial charge in [0.05, 0.1) is 11.8 Å². The topological polar surface area (TPSA) is 51.0 Å². The van der Waals surface area contributed by atoms with Crippen molar-refractivity contribution in [2.45, 2.75) is 50.2 Å². The molecule has 0 radical (unpaired) electrons. The van der Waals surface area contributed by atoms with E-state index < -0.39 is 0 Å². The van der Waals surface area contributed by atoms with Crippen molar-refractivity contribution in [3.8, 4) is 0 Å². The maximum absolute atomic E-state index is 5.28. The SMILES string of the molecule is CC(C)(C)SCc1noc([C@@H]2CCCN2)n1. The Hall–Kier alpha value is -0.550. The third-order valence-electron chi connectivity index (χ3n) is 2.48. The Kier molecular flexibility index (Phi) is 3.54. The van der Waals surface area contributed by atoms with Crippen molar-refractivity contribution < 1.29 is 4.52 Å². The Morgan fingerprint density at radius 3 is 2.94 bits per heavy atom. The van der Waals surface area contributed by atoms with Gasteiger partial charge in [0.1, 0.15) is 0 Å². The van der Waals surface area contributed by atoms with Gasteiger partial charge in [-0.1, -0.05) is 25.9 Å². The molecule has 0 saturated carbocycles. The maximum atomic E-state index is 5.28. The van der Waals surface area contributed by atoms with E-state index in [4.69, 9.17) is 4.52 Å². The lowest BCUT2D eigenvalue weighted by Gasteiger charge is -2.15. The number of rotatable bonds is 3. The van der Waals surface area contributed by atoms with Crippen molar-refractivity contribution in [3.05, 3.63) is 11.7 Å². The highest BCUT2D eigenvalue weighted by Gasteiger charge is 2.22. The second-order valence-corrected chi connectivity index (χ2v) is 6.90. The van der Waals surface area contributed by atoms with Crippen LogP contribution >= 0.6 is 11.8 Å². The molecule has 1 aromatic rings. The van der Waals surface area contributed by atoms with Gasteiger partial charge in [0, 0.05) is 4.75 Å². The Morgan fingerprint density at radius 2 is 2.31 bits per heavy atom. The van der Waals surface area contributed by atoms with E-state index in [0.29, 0.717) is 0 Å². The second-order valence-electron chi connectivity index (χ2n) is 5.10. The molecule has 1 saturated heterocycles. The van der Waals surface area contributed by atoms with Crippen molar-refractivity contribution in [2.75, 3.05) is 6.54 Å². The Bertz CT molecular complexity index is 339. The predicted molar refractivity (Wildman–Crippen MR) is 65.3 cm³/mol. The minimum atomic E-state index is 0.242. The smallest absolute Gasteiger partial charge is 0.243 e. The third kappa shape index (κ3) is 3.22. The quantitative estimate of drug-likeness (QED) is 0.881. The van der Waals surface area contributed by atoms with Gasteiger partial charge in [-0.2, -0.15) is 4.98 Å². The normalized spacial score (nSPS) is 21.6. The summed E-state index contributed by atoms with van der Waals surface area (Å²) in [5.41, 5.74) is 0. The van der Waals surface area contributed by atoms with Gasteiger partial charge in [0.2, 0.25) is 5.89 Å². The summed E-state index contributed by atoms with van der Waals surface area (Å²) in [5, 5.41) is 7.37. The molecule has 1 atom stereocenters. The fraction of sp³-hybridized carbons (Fsp3) is 0.818. The summed E-state index contributed by atoms with van der Waals surface area (Å²) in [6.45, 7) is 7.63. The van der Waals surface area contributed by atoms with Gasteiger partial charge in [0.25, 0.3) is 0 Å². The minimum Gasteiger partial charge on any atom is -0.338 e. The van der Waals surface area contributed by atoms with Crippen LogP contribution in [-0.2, 0) is 5.75 Å². The fourth-order valence-corrected chi connectivity index (χ4v) is 2.32. The van der Waals surface area contributed by atoms with Crippen LogP contribution in [0.2, 0.25) is 0 Å². The summed E-state index contributed by atoms with van der Waals surface area (Å²) < 4.78 is 5.52. The molecule has 2 rings (SSSR count). The van der Waals surface area contributed by atoms with Crippen LogP contribution in [-0.4, -0.2) is 21.4 Å². The number of hydrogen-bond acceptors (Lipinski definition) is 5. The molecule has 1 aliphatic heterocycles. The highest BCUT2D eigenvalue weighted by Crippen LogP contribution is 2.27. The number of thioether (sulfide) groups is 1. The molecule has 0 amide bonds. The standard InChI is InChI=1S/C11H19N3OS/c1-11(2,3)16-7-9-13-10(15-14-9)8-5-4-6-12-8/h8,12H,4-7H2,1-3H3/t8-/m0/s1. The van der Waals surface area contributed by atoms with Gasteiger partial charge in [-0.15, -0.1) is 11.8 Å². The van der Waals surface area contributed by atoms with Crippen LogP contribution in [0.4, 0.5) is 0 Å². The number of nitrogens with zero attached hydrogens (tertiary/aromatic N) is 2. The first-order chi connectivity index (χ1) is 7.54. The Labute approximate surface area is 101 Å². The molecule has 16 heavy (non-hydrogen) atoms. The molecule has 0 bridgehead atoms. The average Bonchev–Trinajstić information content (AvgIpc) is 2.84. The molecule has 1 aromatic heterocycles. The average molecular weight is 241 g/mol. The monoisotopic (exact) mass is 241 g/mol. The lowest BCUT2D eigenvalue weighted by atomic mass is 10.2. The van der Waals surface area contributed by atoms with E-state index in [2.05, 4.69) is 36.2 Å². The summed E-state index contributed by atoms with van der Waals surface area (Å²) >= 11 is 1.84. The van der Waals surface area contributed by atoms with Gasteiger partial charge in [0.15, 0.2) is 5.82 Å². The van der Waals surface area contributed by atoms with Crippen molar-refractivity contribution in [2.24, 2.45) is 0 Å². The highest BCUT2D eigenvalue weighted by molar-refractivity contribution is 7.99. The van der Waals surface area contributed by atoms with Crippen molar-refractivity contribution >= 4 is 11.8 Å². The van der Waals surface area contributed by atoms with E-state index in [1.165, 1.54) is 6.42 Å². The first kappa shape index (κ1) is 11.9. The van der Waals surface area contributed by atoms with Crippen LogP contribution < -0.4 is 5.32 Å². The minimum absolute atomic E-state index is 0.242. The molecule has 0 aromatic carbocycles. The van der Waals surface area contributed by atoms with Crippen molar-refractivity contribution in [1.29, 1.82) is 0 Å². The third-order valence-corrected chi connectivity index (χ3v) is 3.75. The van der Waals surface area contributed by atoms with Crippen LogP contribution in [0, 0.1) is 0 Å². The van der Waals surface area contributed by atoms with E-state index in [1.807, 2.05) is 11.8 Å². The summed E-state index contributed by atoms with van der Waals surface area (Å²) in [4.78, 5) is 4.43. The lowest BCUT2D eigenvalue weighted by molar-refractivity contribution is 0.342. The number of nitrogens with one attached hydrogen (secondary N) is 1. The molecular weight excluding hydrogens is 222 g/mol. The van der Waals surface area contributed by atoms with E-state index in [-0.39, 0.29) is 10.8 Å². The summed E-state index contributed by atoms with van der Waals surface area (Å²) in [6.07, 6.45) is 2.30. The van der Waals surface area contributed by atoms with Crippen LogP contribution in [0.25, 0.3) is 0 Å². The molecule has 90 valence electrons. The zero-order valence-corrected chi connectivity index (χ0v) is 10.9. The van der Waals surface area contributed by atoms with Gasteiger partial charge >= 0.3 is 0 Å². The lowest BCUT2D eigenvalue weighted by Crippen LogP contribution is -2.13. The zero-order valence-electron chi connectivity index (χ0n) is 10.1. The summed E-state index contributed by atoms with van der Waals surface area (Å²) in [5.74, 6) is 2.38. The van der Waals surface area contributed by atoms with Gasteiger partial charge < -0.3 is 9.84 Å². The van der Waals surface area contributed by atoms with Gasteiger partial charge in [-0.25, -0.2) is 0 Å². The van der Waals surface area contributed by atoms with Crippen LogP contribution in [0.5, 0.6) is 0 Å². The first-order valence-corrected chi connectivity index (χ1v) is 6.73. The van der Waals surface area contributed by atoms with Gasteiger partial charge in [-0.3, -0.25) is 0 Å². The molecule has 1 aliphatic rings. The Morgan fingerprint density at radius 1 is 1.50 bits per heavy atom. The molecule has 5 heteroatoms. The fourth-order valence-electron chi connectivity index (χ4n) is 1.64.